The maximum Gasteiger partial charge on any atom is 0.343 e. The van der Waals surface area contributed by atoms with Crippen LogP contribution in [0.25, 0.3) is 11.8 Å². The highest BCUT2D eigenvalue weighted by Gasteiger charge is 2.34. The maximum absolute atomic E-state index is 14.3. The highest BCUT2D eigenvalue weighted by atomic mass is 32.1. The molecular weight excluding hydrogens is 662 g/mol. The molecule has 1 aliphatic heterocycles. The Morgan fingerprint density at radius 3 is 2.24 bits per heavy atom. The molecule has 0 aliphatic carbocycles. The molecule has 13 heteroatoms. The summed E-state index contributed by atoms with van der Waals surface area (Å²) in [7, 11) is 1.27. The van der Waals surface area contributed by atoms with E-state index in [0.29, 0.717) is 50.9 Å². The van der Waals surface area contributed by atoms with Crippen LogP contribution in [0, 0.1) is 13.8 Å². The number of benzene rings is 2. The number of carbonyl (C=O) groups is 3. The van der Waals surface area contributed by atoms with Crippen molar-refractivity contribution in [3.8, 4) is 17.2 Å². The monoisotopic (exact) mass is 701 g/mol. The molecule has 0 saturated heterocycles. The number of aryl methyl sites for hydroxylation is 1. The lowest BCUT2D eigenvalue weighted by Crippen LogP contribution is -2.40. The molecule has 0 spiro atoms. The van der Waals surface area contributed by atoms with Crippen LogP contribution in [0.1, 0.15) is 66.6 Å². The Morgan fingerprint density at radius 2 is 1.58 bits per heavy atom. The Hall–Kier alpha value is -5.43. The van der Waals surface area contributed by atoms with Crippen LogP contribution in [0.5, 0.6) is 11.5 Å². The molecular formula is C37H39N3O9S. The Kier molecular flexibility index (Phi) is 11.1. The number of hydrogen-bond acceptors (Lipinski definition) is 11. The van der Waals surface area contributed by atoms with Crippen molar-refractivity contribution < 1.29 is 38.1 Å². The molecule has 2 aromatic heterocycles. The van der Waals surface area contributed by atoms with E-state index in [-0.39, 0.29) is 30.3 Å². The first-order valence-electron chi connectivity index (χ1n) is 16.1. The molecule has 0 radical (unpaired) electrons. The van der Waals surface area contributed by atoms with Crippen LogP contribution >= 0.6 is 11.3 Å². The minimum absolute atomic E-state index is 0.137. The fourth-order valence-electron chi connectivity index (χ4n) is 5.82. The Bertz CT molecular complexity index is 2160. The number of ether oxygens (including phenoxy) is 5. The fourth-order valence-corrected chi connectivity index (χ4v) is 6.86. The zero-order valence-electron chi connectivity index (χ0n) is 29.0. The number of methoxy groups -OCH3 is 1. The topological polar surface area (TPSA) is 137 Å². The van der Waals surface area contributed by atoms with Crippen LogP contribution in [-0.2, 0) is 23.8 Å². The van der Waals surface area contributed by atoms with Crippen molar-refractivity contribution in [3.05, 3.63) is 108 Å². The van der Waals surface area contributed by atoms with E-state index in [1.807, 2.05) is 49.6 Å². The predicted octanol–water partition coefficient (Wildman–Crippen LogP) is 4.33. The summed E-state index contributed by atoms with van der Waals surface area (Å²) in [5.41, 5.74) is 4.84. The lowest BCUT2D eigenvalue weighted by Gasteiger charge is -2.25. The van der Waals surface area contributed by atoms with Gasteiger partial charge in [-0.3, -0.25) is 9.36 Å². The molecule has 12 nitrogen and oxygen atoms in total. The molecule has 0 unspecified atom stereocenters. The maximum atomic E-state index is 14.3. The molecule has 1 aliphatic rings. The van der Waals surface area contributed by atoms with Crippen molar-refractivity contribution in [1.29, 1.82) is 0 Å². The highest BCUT2D eigenvalue weighted by molar-refractivity contribution is 7.07. The normalized spacial score (nSPS) is 14.1. The van der Waals surface area contributed by atoms with Gasteiger partial charge >= 0.3 is 17.9 Å². The van der Waals surface area contributed by atoms with E-state index >= 15 is 0 Å². The molecule has 0 saturated carbocycles. The van der Waals surface area contributed by atoms with Gasteiger partial charge in [0.2, 0.25) is 0 Å². The number of fused-ring (bicyclic) bond motifs is 1. The van der Waals surface area contributed by atoms with Gasteiger partial charge in [-0.2, -0.15) is 0 Å². The second kappa shape index (κ2) is 15.4. The third-order valence-electron chi connectivity index (χ3n) is 8.07. The van der Waals surface area contributed by atoms with Gasteiger partial charge in [0.1, 0.15) is 0 Å². The van der Waals surface area contributed by atoms with E-state index in [1.165, 1.54) is 23.0 Å². The van der Waals surface area contributed by atoms with Gasteiger partial charge < -0.3 is 28.3 Å². The number of carbonyl (C=O) groups excluding carboxylic acids is 3. The van der Waals surface area contributed by atoms with E-state index in [1.54, 1.807) is 51.1 Å². The summed E-state index contributed by atoms with van der Waals surface area (Å²) in [5, 5.41) is 0. The molecule has 0 N–H and O–H groups in total. The third-order valence-corrected chi connectivity index (χ3v) is 9.05. The standard InChI is InChI=1S/C37H39N3O9S/c1-8-46-29-18-25(13-16-28(29)49-20-31(41)45-7)33-32(36(44)48-10-3)22(5)38-37-40(33)34(42)30(50-37)19-26-17-21(4)39(23(26)6)27-14-11-24(12-15-27)35(43)47-9-2/h11-19,33H,8-10,20H2,1-7H3/b30-19-/t33-/m1/s1. The van der Waals surface area contributed by atoms with Crippen LogP contribution in [0.15, 0.2) is 69.6 Å². The Labute approximate surface area is 292 Å². The molecule has 4 aromatic rings. The summed E-state index contributed by atoms with van der Waals surface area (Å²) in [6.07, 6.45) is 1.82. The van der Waals surface area contributed by atoms with Crippen molar-refractivity contribution in [1.82, 2.24) is 9.13 Å². The molecule has 50 heavy (non-hydrogen) atoms. The predicted molar refractivity (Wildman–Crippen MR) is 187 cm³/mol. The van der Waals surface area contributed by atoms with E-state index in [4.69, 9.17) is 23.7 Å². The van der Waals surface area contributed by atoms with Gasteiger partial charge in [-0.1, -0.05) is 17.4 Å². The highest BCUT2D eigenvalue weighted by Crippen LogP contribution is 2.36. The molecule has 0 amide bonds. The molecule has 262 valence electrons. The first kappa shape index (κ1) is 35.9. The number of thiazole rings is 1. The summed E-state index contributed by atoms with van der Waals surface area (Å²) >= 11 is 1.22. The zero-order valence-corrected chi connectivity index (χ0v) is 29.8. The second-order valence-electron chi connectivity index (χ2n) is 11.2. The smallest absolute Gasteiger partial charge is 0.343 e. The first-order valence-corrected chi connectivity index (χ1v) is 17.0. The number of esters is 3. The quantitative estimate of drug-likeness (QED) is 0.156. The van der Waals surface area contributed by atoms with Crippen LogP contribution in [0.2, 0.25) is 0 Å². The summed E-state index contributed by atoms with van der Waals surface area (Å²) in [5.74, 6) is -0.893. The van der Waals surface area contributed by atoms with Crippen LogP contribution in [0.3, 0.4) is 0 Å². The lowest BCUT2D eigenvalue weighted by atomic mass is 9.95. The largest absolute Gasteiger partial charge is 0.490 e. The zero-order chi connectivity index (χ0) is 36.1. The first-order chi connectivity index (χ1) is 24.0. The summed E-state index contributed by atoms with van der Waals surface area (Å²) < 4.78 is 30.7. The van der Waals surface area contributed by atoms with Gasteiger partial charge in [0.15, 0.2) is 22.9 Å². The average Bonchev–Trinajstić information content (AvgIpc) is 3.56. The second-order valence-corrected chi connectivity index (χ2v) is 12.2. The summed E-state index contributed by atoms with van der Waals surface area (Å²) in [6, 6.07) is 13.3. The lowest BCUT2D eigenvalue weighted by molar-refractivity contribution is -0.143. The van der Waals surface area contributed by atoms with Gasteiger partial charge in [-0.15, -0.1) is 0 Å². The number of aromatic nitrogens is 2. The van der Waals surface area contributed by atoms with Gasteiger partial charge in [-0.25, -0.2) is 19.4 Å². The van der Waals surface area contributed by atoms with Crippen molar-refractivity contribution in [2.75, 3.05) is 33.5 Å². The molecule has 1 atom stereocenters. The van der Waals surface area contributed by atoms with Crippen LogP contribution < -0.4 is 24.4 Å². The Morgan fingerprint density at radius 1 is 0.880 bits per heavy atom. The average molecular weight is 702 g/mol. The minimum atomic E-state index is -0.883. The summed E-state index contributed by atoms with van der Waals surface area (Å²) in [4.78, 5) is 56.7. The molecule has 2 aromatic carbocycles. The number of nitrogens with zero attached hydrogens (tertiary/aromatic N) is 3. The van der Waals surface area contributed by atoms with E-state index in [9.17, 15) is 19.2 Å². The number of rotatable bonds is 12. The van der Waals surface area contributed by atoms with E-state index in [2.05, 4.69) is 4.99 Å². The molecule has 0 bridgehead atoms. The van der Waals surface area contributed by atoms with Crippen LogP contribution in [-0.4, -0.2) is 60.6 Å². The Balaban J connectivity index is 1.62. The van der Waals surface area contributed by atoms with Gasteiger partial charge in [0.25, 0.3) is 5.56 Å². The summed E-state index contributed by atoms with van der Waals surface area (Å²) in [6.45, 7) is 11.3. The van der Waals surface area contributed by atoms with Gasteiger partial charge in [-0.05, 0) is 101 Å². The van der Waals surface area contributed by atoms with Crippen molar-refractivity contribution >= 4 is 35.3 Å². The molecule has 3 heterocycles. The number of hydrogen-bond donors (Lipinski definition) is 0. The molecule has 0 fully saturated rings. The fraction of sp³-hybridized carbons (Fsp3) is 0.324. The van der Waals surface area contributed by atoms with Crippen molar-refractivity contribution in [2.24, 2.45) is 4.99 Å². The molecule has 5 rings (SSSR count). The third kappa shape index (κ3) is 7.13. The van der Waals surface area contributed by atoms with Crippen molar-refractivity contribution in [3.63, 3.8) is 0 Å². The SMILES string of the molecule is CCOC(=O)C1=C(C)N=c2s/c(=C\c3cc(C)n(-c4ccc(C(=O)OCC)cc4)c3C)c(=O)n2[C@@H]1c1ccc(OCC(=O)OC)c(OCC)c1. The van der Waals surface area contributed by atoms with E-state index < -0.39 is 18.0 Å². The number of allylic oxidation sites excluding steroid dienone is 1. The van der Waals surface area contributed by atoms with E-state index in [0.717, 1.165) is 22.6 Å². The van der Waals surface area contributed by atoms with Gasteiger partial charge in [0.05, 0.1) is 54.3 Å². The van der Waals surface area contributed by atoms with Crippen molar-refractivity contribution in [2.45, 2.75) is 47.6 Å². The van der Waals surface area contributed by atoms with Gasteiger partial charge in [0, 0.05) is 17.1 Å². The van der Waals surface area contributed by atoms with Crippen LogP contribution in [0.4, 0.5) is 0 Å². The minimum Gasteiger partial charge on any atom is -0.490 e.